The quantitative estimate of drug-likeness (QED) is 0.0544. The number of phenols is 1. The monoisotopic (exact) mass is 862 g/mol. The van der Waals surface area contributed by atoms with E-state index in [1.165, 1.54) is 29.0 Å². The standard InChI is InChI=1S/C51H50N4O7S/c56-44-20-18-42(43-19-21-47(58)54-48(43)44)45(57)30-52-28-34-14-16-38(17-15-34)49(59)53-29-37-26-46(63-33-37)39-10-7-13-41(27-39)51(61,40-11-5-2-6-12-40)50(60)62-32-36-22-24-55(25-23-36)31-35-8-3-1-4-9-35/h1-21,26-27,33,36,45,52,56-57,61H,22-25,28-32H2,(H,53,59)(H,54,58)/t45-,51-/m0/s1. The van der Waals surface area contributed by atoms with Gasteiger partial charge in [0.2, 0.25) is 11.2 Å². The molecule has 12 heteroatoms. The van der Waals surface area contributed by atoms with E-state index in [0.717, 1.165) is 54.0 Å². The number of pyridine rings is 1. The second-order valence-corrected chi connectivity index (χ2v) is 17.0. The Labute approximate surface area is 369 Å². The van der Waals surface area contributed by atoms with Crippen molar-refractivity contribution >= 4 is 34.1 Å². The highest BCUT2D eigenvalue weighted by molar-refractivity contribution is 7.13. The van der Waals surface area contributed by atoms with Gasteiger partial charge >= 0.3 is 5.97 Å². The van der Waals surface area contributed by atoms with Gasteiger partial charge in [-0.15, -0.1) is 11.3 Å². The number of aromatic amines is 1. The number of thiophene rings is 1. The second kappa shape index (κ2) is 19.7. The van der Waals surface area contributed by atoms with Crippen LogP contribution in [0.15, 0.2) is 150 Å². The van der Waals surface area contributed by atoms with Crippen molar-refractivity contribution in [1.82, 2.24) is 20.5 Å². The molecular weight excluding hydrogens is 813 g/mol. The minimum absolute atomic E-state index is 0.0654. The topological polar surface area (TPSA) is 164 Å². The maximum Gasteiger partial charge on any atom is 0.347 e. The number of hydrogen-bond acceptors (Lipinski definition) is 10. The van der Waals surface area contributed by atoms with Gasteiger partial charge in [0, 0.05) is 53.6 Å². The van der Waals surface area contributed by atoms with Crippen molar-refractivity contribution in [2.75, 3.05) is 26.2 Å². The molecule has 0 saturated carbocycles. The van der Waals surface area contributed by atoms with Gasteiger partial charge in [-0.2, -0.15) is 0 Å². The molecule has 0 aliphatic carbocycles. The van der Waals surface area contributed by atoms with Crippen LogP contribution < -0.4 is 16.2 Å². The number of rotatable bonds is 16. The van der Waals surface area contributed by atoms with Crippen LogP contribution >= 0.6 is 11.3 Å². The SMILES string of the molecule is O=C(NCc1csc(-c2cccc([C@](O)(C(=O)OCC3CCN(Cc4ccccc4)CC3)c3ccccc3)c2)c1)c1ccc(CNC[C@H](O)c2ccc(O)c3[nH]c(=O)ccc23)cc1. The molecule has 0 bridgehead atoms. The molecule has 1 aliphatic heterocycles. The van der Waals surface area contributed by atoms with Gasteiger partial charge in [-0.25, -0.2) is 4.79 Å². The van der Waals surface area contributed by atoms with E-state index in [1.807, 2.05) is 53.9 Å². The van der Waals surface area contributed by atoms with Crippen LogP contribution in [-0.4, -0.2) is 63.3 Å². The normalized spacial score (nSPS) is 14.8. The average Bonchev–Trinajstić information content (AvgIpc) is 3.80. The minimum atomic E-state index is -2.01. The van der Waals surface area contributed by atoms with Crippen LogP contribution in [-0.2, 0) is 34.8 Å². The summed E-state index contributed by atoms with van der Waals surface area (Å²) in [5.41, 5.74) is 3.80. The smallest absolute Gasteiger partial charge is 0.347 e. The van der Waals surface area contributed by atoms with Crippen molar-refractivity contribution in [1.29, 1.82) is 0 Å². The van der Waals surface area contributed by atoms with Crippen molar-refractivity contribution in [2.24, 2.45) is 5.92 Å². The van der Waals surface area contributed by atoms with Crippen LogP contribution in [0.5, 0.6) is 5.75 Å². The Balaban J connectivity index is 0.848. The molecule has 0 spiro atoms. The van der Waals surface area contributed by atoms with Crippen LogP contribution in [0.1, 0.15) is 62.7 Å². The average molecular weight is 863 g/mol. The molecule has 0 unspecified atom stereocenters. The zero-order chi connectivity index (χ0) is 43.8. The minimum Gasteiger partial charge on any atom is -0.506 e. The van der Waals surface area contributed by atoms with Crippen LogP contribution in [0.25, 0.3) is 21.3 Å². The highest BCUT2D eigenvalue weighted by atomic mass is 32.1. The Morgan fingerprint density at radius 3 is 2.30 bits per heavy atom. The van der Waals surface area contributed by atoms with Crippen molar-refractivity contribution in [3.63, 3.8) is 0 Å². The summed E-state index contributed by atoms with van der Waals surface area (Å²) in [6, 6.07) is 42.0. The number of nitrogens with one attached hydrogen (secondary N) is 3. The van der Waals surface area contributed by atoms with Gasteiger partial charge < -0.3 is 35.7 Å². The number of aliphatic hydroxyl groups excluding tert-OH is 1. The number of amides is 1. The first kappa shape index (κ1) is 43.2. The molecule has 8 rings (SSSR count). The van der Waals surface area contributed by atoms with Gasteiger partial charge in [0.05, 0.1) is 18.2 Å². The summed E-state index contributed by atoms with van der Waals surface area (Å²) in [5, 5.41) is 42.1. The van der Waals surface area contributed by atoms with E-state index in [9.17, 15) is 29.7 Å². The highest BCUT2D eigenvalue weighted by Crippen LogP contribution is 2.36. The Hall–Kier alpha value is -6.41. The number of carbonyl (C=O) groups is 2. The third-order valence-electron chi connectivity index (χ3n) is 11.7. The van der Waals surface area contributed by atoms with E-state index in [2.05, 4.69) is 44.8 Å². The van der Waals surface area contributed by atoms with E-state index in [0.29, 0.717) is 40.7 Å². The van der Waals surface area contributed by atoms with Crippen molar-refractivity contribution in [2.45, 2.75) is 44.2 Å². The summed E-state index contributed by atoms with van der Waals surface area (Å²) in [7, 11) is 0. The predicted octanol–water partition coefficient (Wildman–Crippen LogP) is 7.41. The van der Waals surface area contributed by atoms with E-state index in [-0.39, 0.29) is 41.8 Å². The Morgan fingerprint density at radius 2 is 1.54 bits per heavy atom. The van der Waals surface area contributed by atoms with E-state index < -0.39 is 17.7 Å². The van der Waals surface area contributed by atoms with Crippen LogP contribution in [0, 0.1) is 5.92 Å². The predicted molar refractivity (Wildman–Crippen MR) is 245 cm³/mol. The lowest BCUT2D eigenvalue weighted by Gasteiger charge is -2.33. The summed E-state index contributed by atoms with van der Waals surface area (Å²) >= 11 is 1.51. The number of esters is 1. The number of phenolic OH excluding ortho intramolecular Hbond substituents is 1. The number of likely N-dealkylation sites (tertiary alicyclic amines) is 1. The Bertz CT molecular complexity index is 2710. The second-order valence-electron chi connectivity index (χ2n) is 16.1. The Kier molecular flexibility index (Phi) is 13.6. The van der Waals surface area contributed by atoms with E-state index in [4.69, 9.17) is 4.74 Å². The molecule has 1 fully saturated rings. The molecule has 1 aliphatic rings. The molecular formula is C51H50N4O7S. The van der Waals surface area contributed by atoms with Gasteiger partial charge in [-0.1, -0.05) is 97.1 Å². The number of aromatic nitrogens is 1. The highest BCUT2D eigenvalue weighted by Gasteiger charge is 2.42. The van der Waals surface area contributed by atoms with Crippen LogP contribution in [0.2, 0.25) is 0 Å². The van der Waals surface area contributed by atoms with Gasteiger partial charge in [-0.05, 0) is 107 Å². The van der Waals surface area contributed by atoms with Gasteiger partial charge in [0.1, 0.15) is 5.75 Å². The maximum absolute atomic E-state index is 14.0. The summed E-state index contributed by atoms with van der Waals surface area (Å²) in [6.45, 7) is 3.97. The molecule has 322 valence electrons. The van der Waals surface area contributed by atoms with Gasteiger partial charge in [0.25, 0.3) is 5.91 Å². The van der Waals surface area contributed by atoms with Crippen LogP contribution in [0.4, 0.5) is 0 Å². The summed E-state index contributed by atoms with van der Waals surface area (Å²) in [4.78, 5) is 44.8. The van der Waals surface area contributed by atoms with Gasteiger partial charge in [0.15, 0.2) is 0 Å². The largest absolute Gasteiger partial charge is 0.506 e. The van der Waals surface area contributed by atoms with Gasteiger partial charge in [-0.3, -0.25) is 14.5 Å². The van der Waals surface area contributed by atoms with E-state index >= 15 is 0 Å². The molecule has 11 nitrogen and oxygen atoms in total. The molecule has 63 heavy (non-hydrogen) atoms. The first-order valence-corrected chi connectivity index (χ1v) is 22.0. The molecule has 1 amide bonds. The number of ether oxygens (including phenoxy) is 1. The number of aliphatic hydroxyl groups is 2. The molecule has 7 aromatic rings. The fourth-order valence-electron chi connectivity index (χ4n) is 8.12. The first-order chi connectivity index (χ1) is 30.6. The molecule has 0 radical (unpaired) electrons. The Morgan fingerprint density at radius 1 is 0.810 bits per heavy atom. The number of fused-ring (bicyclic) bond motifs is 1. The molecule has 2 aromatic heterocycles. The molecule has 6 N–H and O–H groups in total. The number of nitrogens with zero attached hydrogens (tertiary/aromatic N) is 1. The lowest BCUT2D eigenvalue weighted by Crippen LogP contribution is -2.40. The third kappa shape index (κ3) is 10.3. The van der Waals surface area contributed by atoms with Crippen molar-refractivity contribution < 1.29 is 29.6 Å². The van der Waals surface area contributed by atoms with Crippen LogP contribution in [0.3, 0.4) is 0 Å². The number of hydrogen-bond donors (Lipinski definition) is 6. The number of carbonyl (C=O) groups excluding carboxylic acids is 2. The summed E-state index contributed by atoms with van der Waals surface area (Å²) in [5.74, 6) is -0.775. The van der Waals surface area contributed by atoms with Crippen molar-refractivity contribution in [3.8, 4) is 16.2 Å². The maximum atomic E-state index is 14.0. The fraction of sp³-hybridized carbons (Fsp3) is 0.235. The zero-order valence-corrected chi connectivity index (χ0v) is 35.5. The number of benzene rings is 5. The lowest BCUT2D eigenvalue weighted by molar-refractivity contribution is -0.164. The lowest BCUT2D eigenvalue weighted by atomic mass is 9.85. The van der Waals surface area contributed by atoms with Crippen molar-refractivity contribution in [3.05, 3.63) is 194 Å². The number of H-pyrrole nitrogens is 1. The molecule has 5 aromatic carbocycles. The fourth-order valence-corrected chi connectivity index (χ4v) is 9.03. The number of aromatic hydroxyl groups is 1. The summed E-state index contributed by atoms with van der Waals surface area (Å²) in [6.07, 6.45) is 0.932. The first-order valence-electron chi connectivity index (χ1n) is 21.1. The zero-order valence-electron chi connectivity index (χ0n) is 34.7. The summed E-state index contributed by atoms with van der Waals surface area (Å²) < 4.78 is 5.94. The number of piperidine rings is 1. The van der Waals surface area contributed by atoms with E-state index in [1.54, 1.807) is 54.6 Å². The third-order valence-corrected chi connectivity index (χ3v) is 12.7. The molecule has 1 saturated heterocycles. The molecule has 3 heterocycles. The molecule has 2 atom stereocenters.